The number of alkyl halides is 2. The molecule has 0 aliphatic heterocycles. The number of carbonyl (C=O) groups is 1. The number of rotatable bonds is 6. The van der Waals surface area contributed by atoms with Gasteiger partial charge in [-0.15, -0.1) is 0 Å². The topological polar surface area (TPSA) is 99.0 Å². The molecule has 11 heteroatoms. The van der Waals surface area contributed by atoms with Crippen LogP contribution in [0.4, 0.5) is 19.0 Å². The average Bonchev–Trinajstić information content (AvgIpc) is 2.65. The van der Waals surface area contributed by atoms with Crippen molar-refractivity contribution >= 4 is 22.5 Å². The summed E-state index contributed by atoms with van der Waals surface area (Å²) in [4.78, 5) is 32.0. The molecule has 0 bridgehead atoms. The number of fused-ring (bicyclic) bond motifs is 1. The van der Waals surface area contributed by atoms with E-state index in [0.717, 1.165) is 17.2 Å². The Morgan fingerprint density at radius 1 is 1.28 bits per heavy atom. The number of benzene rings is 1. The Morgan fingerprint density at radius 2 is 2.03 bits per heavy atom. The number of hydrogen-bond donors (Lipinski definition) is 1. The van der Waals surface area contributed by atoms with Crippen LogP contribution in [0.25, 0.3) is 10.8 Å². The van der Waals surface area contributed by atoms with Crippen LogP contribution in [0.15, 0.2) is 35.5 Å². The first kappa shape index (κ1) is 20.2. The van der Waals surface area contributed by atoms with Crippen molar-refractivity contribution in [3.63, 3.8) is 0 Å². The van der Waals surface area contributed by atoms with E-state index in [1.165, 1.54) is 18.2 Å². The lowest BCUT2D eigenvalue weighted by Crippen LogP contribution is -2.31. The molecule has 0 atom stereocenters. The molecule has 2 heterocycles. The second-order valence-electron chi connectivity index (χ2n) is 6.36. The molecule has 8 nitrogen and oxygen atoms in total. The van der Waals surface area contributed by atoms with Crippen molar-refractivity contribution in [3.8, 4) is 5.75 Å². The van der Waals surface area contributed by atoms with Crippen molar-refractivity contribution in [2.75, 3.05) is 5.32 Å². The van der Waals surface area contributed by atoms with Crippen molar-refractivity contribution in [2.24, 2.45) is 0 Å². The minimum absolute atomic E-state index is 0.106. The molecule has 152 valence electrons. The van der Waals surface area contributed by atoms with Gasteiger partial charge >= 0.3 is 6.61 Å². The van der Waals surface area contributed by atoms with E-state index >= 15 is 0 Å². The lowest BCUT2D eigenvalue weighted by atomic mass is 10.0. The lowest BCUT2D eigenvalue weighted by Gasteiger charge is -2.14. The molecule has 0 radical (unpaired) electrons. The van der Waals surface area contributed by atoms with Gasteiger partial charge < -0.3 is 10.1 Å². The molecule has 3 rings (SSSR count). The molecular formula is C18H16F3N5O3. The Bertz CT molecular complexity index is 1120. The van der Waals surface area contributed by atoms with Gasteiger partial charge in [-0.05, 0) is 24.1 Å². The van der Waals surface area contributed by atoms with E-state index in [4.69, 9.17) is 0 Å². The number of nitrogens with zero attached hydrogens (tertiary/aromatic N) is 4. The number of ether oxygens (including phenoxy) is 1. The maximum absolute atomic E-state index is 13.6. The van der Waals surface area contributed by atoms with Crippen molar-refractivity contribution in [1.82, 2.24) is 19.7 Å². The Morgan fingerprint density at radius 3 is 2.69 bits per heavy atom. The van der Waals surface area contributed by atoms with Crippen LogP contribution in [0.2, 0.25) is 0 Å². The third kappa shape index (κ3) is 4.50. The minimum atomic E-state index is -3.01. The normalized spacial score (nSPS) is 11.3. The highest BCUT2D eigenvalue weighted by atomic mass is 19.3. The molecule has 2 aromatic heterocycles. The molecule has 1 N–H and O–H groups in total. The molecular weight excluding hydrogens is 391 g/mol. The summed E-state index contributed by atoms with van der Waals surface area (Å²) in [5.74, 6) is -2.16. The molecule has 0 spiro atoms. The van der Waals surface area contributed by atoms with Crippen LogP contribution < -0.4 is 15.6 Å². The summed E-state index contributed by atoms with van der Waals surface area (Å²) in [5, 5.41) is 6.98. The number of amides is 1. The van der Waals surface area contributed by atoms with E-state index in [0.29, 0.717) is 11.1 Å². The zero-order chi connectivity index (χ0) is 21.1. The summed E-state index contributed by atoms with van der Waals surface area (Å²) in [6.07, 6.45) is 1.95. The quantitative estimate of drug-likeness (QED) is 0.675. The monoisotopic (exact) mass is 407 g/mol. The zero-order valence-electron chi connectivity index (χ0n) is 15.4. The largest absolute Gasteiger partial charge is 0.435 e. The second-order valence-corrected chi connectivity index (χ2v) is 6.36. The predicted molar refractivity (Wildman–Crippen MR) is 97.3 cm³/mol. The maximum atomic E-state index is 13.6. The van der Waals surface area contributed by atoms with E-state index in [2.05, 4.69) is 25.1 Å². The van der Waals surface area contributed by atoms with E-state index < -0.39 is 30.4 Å². The van der Waals surface area contributed by atoms with Crippen molar-refractivity contribution in [2.45, 2.75) is 32.9 Å². The SMILES string of the molecule is CC(C)c1nn(CC(=O)Nc2ncncc2F)c(=O)c2ccc(OC(F)F)cc12. The molecule has 1 amide bonds. The van der Waals surface area contributed by atoms with Crippen LogP contribution in [0.5, 0.6) is 5.75 Å². The van der Waals surface area contributed by atoms with Gasteiger partial charge in [0.05, 0.1) is 17.3 Å². The van der Waals surface area contributed by atoms with Gasteiger partial charge in [0.25, 0.3) is 5.56 Å². The summed E-state index contributed by atoms with van der Waals surface area (Å²) < 4.78 is 43.9. The molecule has 29 heavy (non-hydrogen) atoms. The Kier molecular flexibility index (Phi) is 5.76. The molecule has 3 aromatic rings. The third-order valence-corrected chi connectivity index (χ3v) is 3.95. The third-order valence-electron chi connectivity index (χ3n) is 3.95. The molecule has 1 aromatic carbocycles. The number of halogens is 3. The maximum Gasteiger partial charge on any atom is 0.387 e. The zero-order valence-corrected chi connectivity index (χ0v) is 15.4. The van der Waals surface area contributed by atoms with E-state index in [1.54, 1.807) is 13.8 Å². The number of anilines is 1. The minimum Gasteiger partial charge on any atom is -0.435 e. The van der Waals surface area contributed by atoms with Crippen LogP contribution in [-0.2, 0) is 11.3 Å². The van der Waals surface area contributed by atoms with Gasteiger partial charge in [0.2, 0.25) is 5.91 Å². The molecule has 0 aliphatic rings. The molecule has 0 saturated carbocycles. The fourth-order valence-corrected chi connectivity index (χ4v) is 2.71. The summed E-state index contributed by atoms with van der Waals surface area (Å²) >= 11 is 0. The highest BCUT2D eigenvalue weighted by Gasteiger charge is 2.17. The highest BCUT2D eigenvalue weighted by molar-refractivity contribution is 5.90. The summed E-state index contributed by atoms with van der Waals surface area (Å²) in [7, 11) is 0. The van der Waals surface area contributed by atoms with Crippen LogP contribution in [0, 0.1) is 5.82 Å². The molecule has 0 saturated heterocycles. The number of nitrogens with one attached hydrogen (secondary N) is 1. The summed E-state index contributed by atoms with van der Waals surface area (Å²) in [6, 6.07) is 3.88. The van der Waals surface area contributed by atoms with Gasteiger partial charge in [0.1, 0.15) is 18.6 Å². The smallest absolute Gasteiger partial charge is 0.387 e. The van der Waals surface area contributed by atoms with Gasteiger partial charge in [-0.3, -0.25) is 9.59 Å². The van der Waals surface area contributed by atoms with Gasteiger partial charge in [0.15, 0.2) is 11.6 Å². The number of carbonyl (C=O) groups excluding carboxylic acids is 1. The standard InChI is InChI=1S/C18H16F3N5O3/c1-9(2)15-12-5-10(29-18(20)21)3-4-11(12)17(28)26(25-15)7-14(27)24-16-13(19)6-22-8-23-16/h3-6,8-9,18H,7H2,1-2H3,(H,22,23,24,27). The predicted octanol–water partition coefficient (Wildman–Crippen LogP) is 2.69. The molecule has 0 aliphatic carbocycles. The first-order chi connectivity index (χ1) is 13.8. The first-order valence-corrected chi connectivity index (χ1v) is 8.51. The van der Waals surface area contributed by atoms with Gasteiger partial charge in [0, 0.05) is 5.39 Å². The number of aromatic nitrogens is 4. The van der Waals surface area contributed by atoms with E-state index in [9.17, 15) is 22.8 Å². The Hall–Kier alpha value is -3.50. The van der Waals surface area contributed by atoms with Gasteiger partial charge in [-0.2, -0.15) is 13.9 Å². The van der Waals surface area contributed by atoms with Crippen LogP contribution in [0.1, 0.15) is 25.5 Å². The van der Waals surface area contributed by atoms with E-state index in [-0.39, 0.29) is 22.9 Å². The van der Waals surface area contributed by atoms with Crippen molar-refractivity contribution < 1.29 is 22.7 Å². The lowest BCUT2D eigenvalue weighted by molar-refractivity contribution is -0.117. The summed E-state index contributed by atoms with van der Waals surface area (Å²) in [6.45, 7) is 0.100. The van der Waals surface area contributed by atoms with Crippen molar-refractivity contribution in [1.29, 1.82) is 0 Å². The average molecular weight is 407 g/mol. The highest BCUT2D eigenvalue weighted by Crippen LogP contribution is 2.26. The molecule has 0 fully saturated rings. The van der Waals surface area contributed by atoms with E-state index in [1.807, 2.05) is 0 Å². The Balaban J connectivity index is 1.98. The van der Waals surface area contributed by atoms with Crippen LogP contribution >= 0.6 is 0 Å². The first-order valence-electron chi connectivity index (χ1n) is 8.51. The fourth-order valence-electron chi connectivity index (χ4n) is 2.71. The molecule has 0 unspecified atom stereocenters. The van der Waals surface area contributed by atoms with Gasteiger partial charge in [-0.1, -0.05) is 13.8 Å². The number of hydrogen-bond acceptors (Lipinski definition) is 6. The van der Waals surface area contributed by atoms with Crippen LogP contribution in [0.3, 0.4) is 0 Å². The Labute approximate surface area is 162 Å². The fraction of sp³-hybridized carbons (Fsp3) is 0.278. The summed E-state index contributed by atoms with van der Waals surface area (Å²) in [5.41, 5.74) is -0.188. The van der Waals surface area contributed by atoms with Crippen molar-refractivity contribution in [3.05, 3.63) is 52.6 Å². The van der Waals surface area contributed by atoms with Crippen LogP contribution in [-0.4, -0.2) is 32.3 Å². The second kappa shape index (κ2) is 8.25. The van der Waals surface area contributed by atoms with Gasteiger partial charge in [-0.25, -0.2) is 19.0 Å².